The number of amides is 2. The van der Waals surface area contributed by atoms with Crippen LogP contribution >= 0.6 is 11.6 Å². The lowest BCUT2D eigenvalue weighted by Crippen LogP contribution is -2.25. The molecular weight excluding hydrogens is 380 g/mol. The first kappa shape index (κ1) is 19.6. The maximum Gasteiger partial charge on any atom is 0.339 e. The second kappa shape index (κ2) is 8.71. The molecule has 0 saturated heterocycles. The largest absolute Gasteiger partial charge is 0.465 e. The number of rotatable bonds is 6. The van der Waals surface area contributed by atoms with Gasteiger partial charge < -0.3 is 15.4 Å². The van der Waals surface area contributed by atoms with Crippen LogP contribution in [0.15, 0.2) is 48.5 Å². The molecule has 0 bridgehead atoms. The van der Waals surface area contributed by atoms with Gasteiger partial charge in [0.2, 0.25) is 5.91 Å². The van der Waals surface area contributed by atoms with Crippen LogP contribution in [0.4, 0.5) is 5.69 Å². The first-order valence-corrected chi connectivity index (χ1v) is 9.12. The Morgan fingerprint density at radius 1 is 1.11 bits per heavy atom. The molecule has 0 aromatic heterocycles. The molecule has 0 radical (unpaired) electrons. The van der Waals surface area contributed by atoms with Crippen LogP contribution in [0.2, 0.25) is 5.02 Å². The molecule has 2 aromatic carbocycles. The zero-order chi connectivity index (χ0) is 20.1. The third kappa shape index (κ3) is 5.20. The van der Waals surface area contributed by atoms with E-state index in [9.17, 15) is 14.4 Å². The van der Waals surface area contributed by atoms with E-state index in [-0.39, 0.29) is 22.4 Å². The Morgan fingerprint density at radius 3 is 2.46 bits per heavy atom. The van der Waals surface area contributed by atoms with Gasteiger partial charge in [-0.1, -0.05) is 23.7 Å². The van der Waals surface area contributed by atoms with E-state index in [1.807, 2.05) is 0 Å². The Kier molecular flexibility index (Phi) is 6.11. The van der Waals surface area contributed by atoms with Crippen LogP contribution in [0.1, 0.15) is 39.1 Å². The second-order valence-electron chi connectivity index (χ2n) is 6.38. The summed E-state index contributed by atoms with van der Waals surface area (Å²) in [4.78, 5) is 35.7. The summed E-state index contributed by atoms with van der Waals surface area (Å²) in [5.41, 5.74) is 1.96. The van der Waals surface area contributed by atoms with E-state index in [0.29, 0.717) is 17.3 Å². The number of hydrogen-bond donors (Lipinski definition) is 2. The molecule has 0 unspecified atom stereocenters. The van der Waals surface area contributed by atoms with E-state index in [0.717, 1.165) is 18.4 Å². The minimum atomic E-state index is -0.581. The number of anilines is 1. The minimum Gasteiger partial charge on any atom is -0.465 e. The summed E-state index contributed by atoms with van der Waals surface area (Å²) in [5.74, 6) is -1.03. The van der Waals surface area contributed by atoms with Gasteiger partial charge in [0.05, 0.1) is 17.7 Å². The molecular formula is C21H19ClN2O4. The van der Waals surface area contributed by atoms with Gasteiger partial charge in [-0.05, 0) is 54.8 Å². The number of ether oxygens (including phenoxy) is 1. The van der Waals surface area contributed by atoms with Crippen molar-refractivity contribution in [1.29, 1.82) is 0 Å². The normalized spacial score (nSPS) is 13.2. The lowest BCUT2D eigenvalue weighted by Gasteiger charge is -2.06. The van der Waals surface area contributed by atoms with Crippen molar-refractivity contribution in [2.24, 2.45) is 0 Å². The van der Waals surface area contributed by atoms with Crippen molar-refractivity contribution in [1.82, 2.24) is 5.32 Å². The molecule has 6 nitrogen and oxygen atoms in total. The number of hydrogen-bond acceptors (Lipinski definition) is 4. The van der Waals surface area contributed by atoms with Crippen LogP contribution < -0.4 is 10.6 Å². The summed E-state index contributed by atoms with van der Waals surface area (Å²) in [6.07, 6.45) is 5.08. The van der Waals surface area contributed by atoms with Gasteiger partial charge in [-0.3, -0.25) is 9.59 Å². The molecule has 2 aromatic rings. The fourth-order valence-electron chi connectivity index (χ4n) is 2.47. The predicted molar refractivity (Wildman–Crippen MR) is 107 cm³/mol. The molecule has 3 rings (SSSR count). The van der Waals surface area contributed by atoms with Gasteiger partial charge in [0.1, 0.15) is 0 Å². The third-order valence-corrected chi connectivity index (χ3v) is 4.48. The number of nitrogens with one attached hydrogen (secondary N) is 2. The topological polar surface area (TPSA) is 84.5 Å². The lowest BCUT2D eigenvalue weighted by atomic mass is 10.1. The molecule has 1 aliphatic carbocycles. The highest BCUT2D eigenvalue weighted by molar-refractivity contribution is 6.33. The summed E-state index contributed by atoms with van der Waals surface area (Å²) >= 11 is 5.96. The highest BCUT2D eigenvalue weighted by Crippen LogP contribution is 2.22. The van der Waals surface area contributed by atoms with E-state index in [1.54, 1.807) is 36.4 Å². The Morgan fingerprint density at radius 2 is 1.82 bits per heavy atom. The molecule has 1 aliphatic rings. The number of benzene rings is 2. The molecule has 0 atom stereocenters. The number of halogens is 1. The molecule has 2 N–H and O–H groups in total. The van der Waals surface area contributed by atoms with Gasteiger partial charge in [-0.15, -0.1) is 0 Å². The maximum atomic E-state index is 12.1. The van der Waals surface area contributed by atoms with Gasteiger partial charge in [0.25, 0.3) is 5.91 Å². The van der Waals surface area contributed by atoms with Crippen molar-refractivity contribution in [3.05, 3.63) is 70.3 Å². The van der Waals surface area contributed by atoms with E-state index in [1.165, 1.54) is 25.3 Å². The van der Waals surface area contributed by atoms with Gasteiger partial charge in [0, 0.05) is 23.4 Å². The van der Waals surface area contributed by atoms with Gasteiger partial charge in [0.15, 0.2) is 0 Å². The number of carbonyl (C=O) groups excluding carboxylic acids is 3. The van der Waals surface area contributed by atoms with Gasteiger partial charge in [-0.2, -0.15) is 0 Å². The van der Waals surface area contributed by atoms with Gasteiger partial charge in [-0.25, -0.2) is 4.79 Å². The number of esters is 1. The molecule has 1 saturated carbocycles. The first-order chi connectivity index (χ1) is 13.5. The Balaban J connectivity index is 1.60. The summed E-state index contributed by atoms with van der Waals surface area (Å²) < 4.78 is 4.65. The highest BCUT2D eigenvalue weighted by atomic mass is 35.5. The van der Waals surface area contributed by atoms with E-state index in [2.05, 4.69) is 15.4 Å². The molecule has 28 heavy (non-hydrogen) atoms. The van der Waals surface area contributed by atoms with Crippen molar-refractivity contribution in [2.75, 3.05) is 12.4 Å². The minimum absolute atomic E-state index is 0.0834. The molecule has 0 spiro atoms. The van der Waals surface area contributed by atoms with E-state index >= 15 is 0 Å². The monoisotopic (exact) mass is 398 g/mol. The molecule has 144 valence electrons. The molecule has 0 aliphatic heterocycles. The number of carbonyl (C=O) groups is 3. The smallest absolute Gasteiger partial charge is 0.339 e. The summed E-state index contributed by atoms with van der Waals surface area (Å²) in [5, 5.41) is 5.83. The van der Waals surface area contributed by atoms with Crippen LogP contribution in [0.5, 0.6) is 0 Å². The molecule has 7 heteroatoms. The van der Waals surface area contributed by atoms with Crippen molar-refractivity contribution >= 4 is 41.1 Å². The van der Waals surface area contributed by atoms with Crippen LogP contribution in [0.3, 0.4) is 0 Å². The first-order valence-electron chi connectivity index (χ1n) is 8.74. The van der Waals surface area contributed by atoms with Crippen molar-refractivity contribution in [3.63, 3.8) is 0 Å². The summed E-state index contributed by atoms with van der Waals surface area (Å²) in [6.45, 7) is 0. The average Bonchev–Trinajstić information content (AvgIpc) is 3.51. The zero-order valence-corrected chi connectivity index (χ0v) is 16.0. The van der Waals surface area contributed by atoms with E-state index in [4.69, 9.17) is 11.6 Å². The van der Waals surface area contributed by atoms with Crippen LogP contribution in [-0.4, -0.2) is 30.9 Å². The third-order valence-electron chi connectivity index (χ3n) is 4.15. The Labute approximate surface area is 167 Å². The molecule has 0 heterocycles. The second-order valence-corrected chi connectivity index (χ2v) is 6.79. The predicted octanol–water partition coefficient (Wildman–Crippen LogP) is 3.67. The van der Waals surface area contributed by atoms with Crippen LogP contribution in [0, 0.1) is 0 Å². The van der Waals surface area contributed by atoms with Crippen molar-refractivity contribution in [3.8, 4) is 0 Å². The fourth-order valence-corrected chi connectivity index (χ4v) is 2.66. The fraction of sp³-hybridized carbons (Fsp3) is 0.190. The SMILES string of the molecule is COC(=O)c1cc(NC(=O)/C=C/c2ccc(C(=O)NC3CC3)cc2)ccc1Cl. The van der Waals surface area contributed by atoms with Crippen LogP contribution in [0.25, 0.3) is 6.08 Å². The Hall–Kier alpha value is -3.12. The zero-order valence-electron chi connectivity index (χ0n) is 15.2. The lowest BCUT2D eigenvalue weighted by molar-refractivity contribution is -0.111. The average molecular weight is 399 g/mol. The maximum absolute atomic E-state index is 12.1. The van der Waals surface area contributed by atoms with E-state index < -0.39 is 5.97 Å². The standard InChI is InChI=1S/C21H19ClN2O4/c1-28-21(27)17-12-16(9-10-18(17)22)23-19(25)11-4-13-2-5-14(6-3-13)20(26)24-15-7-8-15/h2-6,9-12,15H,7-8H2,1H3,(H,23,25)(H,24,26)/b11-4+. The number of methoxy groups -OCH3 is 1. The van der Waals surface area contributed by atoms with Crippen molar-refractivity contribution in [2.45, 2.75) is 18.9 Å². The highest BCUT2D eigenvalue weighted by Gasteiger charge is 2.23. The molecule has 1 fully saturated rings. The van der Waals surface area contributed by atoms with Crippen LogP contribution in [-0.2, 0) is 9.53 Å². The Bertz CT molecular complexity index is 934. The van der Waals surface area contributed by atoms with Gasteiger partial charge >= 0.3 is 5.97 Å². The quantitative estimate of drug-likeness (QED) is 0.574. The van der Waals surface area contributed by atoms with Crippen molar-refractivity contribution < 1.29 is 19.1 Å². The summed E-state index contributed by atoms with van der Waals surface area (Å²) in [7, 11) is 1.26. The molecule has 2 amide bonds. The summed E-state index contributed by atoms with van der Waals surface area (Å²) in [6, 6.07) is 11.8.